The molecule has 2 aliphatic rings. The van der Waals surface area contributed by atoms with Crippen LogP contribution in [-0.4, -0.2) is 34.1 Å². The monoisotopic (exact) mass is 628 g/mol. The van der Waals surface area contributed by atoms with Crippen molar-refractivity contribution in [3.8, 4) is 22.6 Å². The molecule has 0 atom stereocenters. The largest absolute Gasteiger partial charge is 0.457 e. The first-order valence-electron chi connectivity index (χ1n) is 16.4. The van der Waals surface area contributed by atoms with Gasteiger partial charge in [-0.05, 0) is 115 Å². The number of carbonyl (C=O) groups is 4. The molecule has 2 aliphatic heterocycles. The first-order valence-corrected chi connectivity index (χ1v) is 16.4. The molecule has 0 unspecified atom stereocenters. The number of fused-ring (bicyclic) bond motifs is 2. The summed E-state index contributed by atoms with van der Waals surface area (Å²) in [5, 5.41) is 0. The number of hydrogen-bond acceptors (Lipinski definition) is 5. The summed E-state index contributed by atoms with van der Waals surface area (Å²) in [7, 11) is 0. The number of amides is 4. The number of imide groups is 2. The molecule has 0 aromatic heterocycles. The Morgan fingerprint density at radius 2 is 0.979 bits per heavy atom. The maximum Gasteiger partial charge on any atom is 0.266 e. The van der Waals surface area contributed by atoms with E-state index < -0.39 is 17.4 Å². The molecular formula is C40H40N2O5. The maximum atomic E-state index is 13.6. The number of rotatable bonds is 10. The van der Waals surface area contributed by atoms with Crippen molar-refractivity contribution in [2.24, 2.45) is 0 Å². The van der Waals surface area contributed by atoms with Crippen molar-refractivity contribution in [3.05, 3.63) is 113 Å². The van der Waals surface area contributed by atoms with Gasteiger partial charge in [0.1, 0.15) is 11.5 Å². The molecule has 0 fully saturated rings. The number of ether oxygens (including phenoxy) is 1. The van der Waals surface area contributed by atoms with Gasteiger partial charge in [-0.2, -0.15) is 0 Å². The van der Waals surface area contributed by atoms with Gasteiger partial charge in [0.05, 0.1) is 27.9 Å². The van der Waals surface area contributed by atoms with Gasteiger partial charge >= 0.3 is 0 Å². The van der Waals surface area contributed by atoms with Gasteiger partial charge in [0, 0.05) is 5.54 Å². The van der Waals surface area contributed by atoms with E-state index in [1.807, 2.05) is 32.9 Å². The molecule has 7 heteroatoms. The van der Waals surface area contributed by atoms with Crippen molar-refractivity contribution in [2.45, 2.75) is 78.2 Å². The molecule has 0 saturated heterocycles. The third-order valence-corrected chi connectivity index (χ3v) is 10.6. The maximum absolute atomic E-state index is 13.6. The number of anilines is 1. The van der Waals surface area contributed by atoms with Gasteiger partial charge in [-0.15, -0.1) is 0 Å². The van der Waals surface area contributed by atoms with Crippen LogP contribution in [0.15, 0.2) is 84.9 Å². The molecule has 2 heterocycles. The Bertz CT molecular complexity index is 1900. The minimum absolute atomic E-state index is 0.126. The second kappa shape index (κ2) is 12.0. The number of carbonyl (C=O) groups excluding carboxylic acids is 4. The Labute approximate surface area is 276 Å². The van der Waals surface area contributed by atoms with Crippen LogP contribution in [0.2, 0.25) is 0 Å². The molecule has 0 radical (unpaired) electrons. The molecule has 4 amide bonds. The highest BCUT2D eigenvalue weighted by molar-refractivity contribution is 6.34. The Morgan fingerprint density at radius 1 is 0.532 bits per heavy atom. The topological polar surface area (TPSA) is 84.0 Å². The molecule has 0 spiro atoms. The van der Waals surface area contributed by atoms with Crippen LogP contribution in [0.1, 0.15) is 114 Å². The first-order chi connectivity index (χ1) is 22.5. The quantitative estimate of drug-likeness (QED) is 0.164. The van der Waals surface area contributed by atoms with Crippen LogP contribution in [-0.2, 0) is 5.41 Å². The smallest absolute Gasteiger partial charge is 0.266 e. The lowest BCUT2D eigenvalue weighted by molar-refractivity contribution is 0.0434. The molecule has 240 valence electrons. The summed E-state index contributed by atoms with van der Waals surface area (Å²) in [5.41, 5.74) is 3.96. The third kappa shape index (κ3) is 5.24. The first kappa shape index (κ1) is 31.9. The molecule has 0 bridgehead atoms. The van der Waals surface area contributed by atoms with Gasteiger partial charge in [-0.3, -0.25) is 24.1 Å². The lowest BCUT2D eigenvalue weighted by Gasteiger charge is -2.35. The van der Waals surface area contributed by atoms with E-state index in [1.54, 1.807) is 60.7 Å². The predicted molar refractivity (Wildman–Crippen MR) is 183 cm³/mol. The van der Waals surface area contributed by atoms with E-state index in [0.29, 0.717) is 57.8 Å². The SMILES string of the molecule is CCC(C)(CC)c1ccc(Oc2ccc(N3C(=O)c4ccc(-c5ccc6c(c5)C(=O)N(C(C)(CC)CC)C6=O)cc4C3=O)cc2)cc1. The lowest BCUT2D eigenvalue weighted by atomic mass is 9.78. The van der Waals surface area contributed by atoms with Gasteiger partial charge in [0.15, 0.2) is 0 Å². The molecular weight excluding hydrogens is 588 g/mol. The highest BCUT2D eigenvalue weighted by atomic mass is 16.5. The van der Waals surface area contributed by atoms with Crippen LogP contribution in [0.4, 0.5) is 5.69 Å². The van der Waals surface area contributed by atoms with Gasteiger partial charge < -0.3 is 4.74 Å². The van der Waals surface area contributed by atoms with Crippen molar-refractivity contribution in [1.82, 2.24) is 4.90 Å². The van der Waals surface area contributed by atoms with Crippen LogP contribution in [0.3, 0.4) is 0 Å². The molecule has 47 heavy (non-hydrogen) atoms. The number of hydrogen-bond donors (Lipinski definition) is 0. The highest BCUT2D eigenvalue weighted by Crippen LogP contribution is 2.38. The van der Waals surface area contributed by atoms with Gasteiger partial charge in [-0.25, -0.2) is 4.90 Å². The van der Waals surface area contributed by atoms with E-state index in [0.717, 1.165) is 12.8 Å². The molecule has 0 aliphatic carbocycles. The second-order valence-corrected chi connectivity index (χ2v) is 13.0. The fourth-order valence-corrected chi connectivity index (χ4v) is 6.51. The van der Waals surface area contributed by atoms with Crippen molar-refractivity contribution in [1.29, 1.82) is 0 Å². The summed E-state index contributed by atoms with van der Waals surface area (Å²) >= 11 is 0. The van der Waals surface area contributed by atoms with Crippen LogP contribution in [0.25, 0.3) is 11.1 Å². The lowest BCUT2D eigenvalue weighted by Crippen LogP contribution is -2.48. The van der Waals surface area contributed by atoms with Gasteiger partial charge in [-0.1, -0.05) is 58.9 Å². The van der Waals surface area contributed by atoms with E-state index in [1.165, 1.54) is 15.4 Å². The van der Waals surface area contributed by atoms with Gasteiger partial charge in [0.2, 0.25) is 0 Å². The van der Waals surface area contributed by atoms with Crippen LogP contribution < -0.4 is 9.64 Å². The third-order valence-electron chi connectivity index (χ3n) is 10.6. The van der Waals surface area contributed by atoms with Crippen LogP contribution >= 0.6 is 0 Å². The fourth-order valence-electron chi connectivity index (χ4n) is 6.51. The molecule has 7 nitrogen and oxygen atoms in total. The summed E-state index contributed by atoms with van der Waals surface area (Å²) < 4.78 is 6.06. The minimum atomic E-state index is -0.571. The normalized spacial score (nSPS) is 14.6. The molecule has 0 saturated carbocycles. The fraction of sp³-hybridized carbons (Fsp3) is 0.300. The van der Waals surface area contributed by atoms with Crippen molar-refractivity contribution in [3.63, 3.8) is 0 Å². The van der Waals surface area contributed by atoms with E-state index in [2.05, 4.69) is 32.9 Å². The van der Waals surface area contributed by atoms with Crippen molar-refractivity contribution in [2.75, 3.05) is 4.90 Å². The minimum Gasteiger partial charge on any atom is -0.457 e. The molecule has 4 aromatic carbocycles. The zero-order valence-corrected chi connectivity index (χ0v) is 27.8. The zero-order chi connectivity index (χ0) is 33.7. The standard InChI is InChI=1S/C40H40N2O5/c1-7-39(5,8-2)27-13-17-29(18-14-27)47-30-19-15-28(16-20-30)41-35(43)31-21-11-25(23-33(31)36(41)44)26-12-22-32-34(24-26)38(46)42(37(32)45)40(6,9-3)10-4/h11-24H,7-10H2,1-6H3. The molecule has 0 N–H and O–H groups in total. The van der Waals surface area contributed by atoms with E-state index >= 15 is 0 Å². The summed E-state index contributed by atoms with van der Waals surface area (Å²) in [6.45, 7) is 12.5. The predicted octanol–water partition coefficient (Wildman–Crippen LogP) is 9.20. The average Bonchev–Trinajstić information content (AvgIpc) is 3.51. The summed E-state index contributed by atoms with van der Waals surface area (Å²) in [5.74, 6) is -0.119. The number of nitrogens with zero attached hydrogens (tertiary/aromatic N) is 2. The second-order valence-electron chi connectivity index (χ2n) is 13.0. The van der Waals surface area contributed by atoms with Crippen LogP contribution in [0, 0.1) is 0 Å². The number of benzene rings is 4. The Hall–Kier alpha value is -5.04. The van der Waals surface area contributed by atoms with E-state index in [-0.39, 0.29) is 22.8 Å². The highest BCUT2D eigenvalue weighted by Gasteiger charge is 2.45. The summed E-state index contributed by atoms with van der Waals surface area (Å²) in [6, 6.07) is 25.3. The van der Waals surface area contributed by atoms with Crippen molar-refractivity contribution < 1.29 is 23.9 Å². The summed E-state index contributed by atoms with van der Waals surface area (Å²) in [6.07, 6.45) is 3.41. The molecule has 6 rings (SSSR count). The van der Waals surface area contributed by atoms with Crippen LogP contribution in [0.5, 0.6) is 11.5 Å². The Kier molecular flexibility index (Phi) is 8.12. The Balaban J connectivity index is 1.21. The van der Waals surface area contributed by atoms with Gasteiger partial charge in [0.25, 0.3) is 23.6 Å². The Morgan fingerprint density at radius 3 is 1.49 bits per heavy atom. The average molecular weight is 629 g/mol. The van der Waals surface area contributed by atoms with E-state index in [9.17, 15) is 19.2 Å². The summed E-state index contributed by atoms with van der Waals surface area (Å²) in [4.78, 5) is 56.2. The zero-order valence-electron chi connectivity index (χ0n) is 27.8. The van der Waals surface area contributed by atoms with Crippen molar-refractivity contribution >= 4 is 29.3 Å². The van der Waals surface area contributed by atoms with E-state index in [4.69, 9.17) is 4.74 Å². The molecule has 4 aromatic rings.